The topological polar surface area (TPSA) is 32.3 Å². The Bertz CT molecular complexity index is 502. The number of benzene rings is 1. The number of rotatable bonds is 4. The van der Waals surface area contributed by atoms with Crippen molar-refractivity contribution in [1.82, 2.24) is 4.90 Å². The Balaban J connectivity index is 2.25. The van der Waals surface area contributed by atoms with Crippen molar-refractivity contribution < 1.29 is 4.79 Å². The second-order valence-electron chi connectivity index (χ2n) is 6.09. The highest BCUT2D eigenvalue weighted by Crippen LogP contribution is 2.31. The fraction of sp³-hybridized carbons (Fsp3) is 0.588. The second kappa shape index (κ2) is 7.17. The molecule has 0 heterocycles. The van der Waals surface area contributed by atoms with Gasteiger partial charge in [-0.3, -0.25) is 4.79 Å². The molecule has 1 aromatic rings. The minimum Gasteiger partial charge on any atom is -0.381 e. The zero-order valence-electron chi connectivity index (χ0n) is 13.2. The molecule has 0 aromatic heterocycles. The lowest BCUT2D eigenvalue weighted by Crippen LogP contribution is -2.33. The molecule has 21 heavy (non-hydrogen) atoms. The van der Waals surface area contributed by atoms with Crippen molar-refractivity contribution in [3.63, 3.8) is 0 Å². The quantitative estimate of drug-likeness (QED) is 0.893. The molecule has 1 aliphatic carbocycles. The summed E-state index contributed by atoms with van der Waals surface area (Å²) in [7, 11) is 3.55. The normalized spacial score (nSPS) is 21.9. The molecule has 0 aliphatic heterocycles. The van der Waals surface area contributed by atoms with E-state index in [0.717, 1.165) is 5.69 Å². The fourth-order valence-electron chi connectivity index (χ4n) is 3.15. The molecule has 0 spiro atoms. The third-order valence-corrected chi connectivity index (χ3v) is 4.63. The van der Waals surface area contributed by atoms with Crippen LogP contribution in [0.15, 0.2) is 18.2 Å². The van der Waals surface area contributed by atoms with Crippen LogP contribution in [0.25, 0.3) is 0 Å². The number of hydrogen-bond acceptors (Lipinski definition) is 2. The van der Waals surface area contributed by atoms with Gasteiger partial charge in [0, 0.05) is 30.8 Å². The van der Waals surface area contributed by atoms with Crippen LogP contribution in [0.4, 0.5) is 5.69 Å². The van der Waals surface area contributed by atoms with Crippen LogP contribution >= 0.6 is 11.6 Å². The summed E-state index contributed by atoms with van der Waals surface area (Å²) in [6, 6.07) is 5.91. The van der Waals surface area contributed by atoms with Gasteiger partial charge in [0.15, 0.2) is 0 Å². The molecule has 1 amide bonds. The Kier molecular flexibility index (Phi) is 5.51. The third-order valence-electron chi connectivity index (χ3n) is 4.39. The molecule has 1 fully saturated rings. The Morgan fingerprint density at radius 3 is 2.71 bits per heavy atom. The smallest absolute Gasteiger partial charge is 0.255 e. The van der Waals surface area contributed by atoms with E-state index in [2.05, 4.69) is 12.2 Å². The van der Waals surface area contributed by atoms with Crippen molar-refractivity contribution >= 4 is 23.2 Å². The molecule has 0 saturated heterocycles. The van der Waals surface area contributed by atoms with E-state index in [4.69, 9.17) is 11.6 Å². The van der Waals surface area contributed by atoms with Crippen molar-refractivity contribution in [2.45, 2.75) is 45.1 Å². The van der Waals surface area contributed by atoms with Gasteiger partial charge in [-0.05, 0) is 37.0 Å². The number of nitrogens with one attached hydrogen (secondary N) is 1. The standard InChI is InChI=1S/C17H25ClN2O/c1-4-12-7-5-6-8-15(12)19-16-11-13(18)9-10-14(16)17(21)20(2)3/h9-12,15,19H,4-8H2,1-3H3. The molecular formula is C17H25ClN2O. The maximum atomic E-state index is 12.3. The first-order chi connectivity index (χ1) is 10.0. The minimum absolute atomic E-state index is 0.0121. The van der Waals surface area contributed by atoms with E-state index < -0.39 is 0 Å². The largest absolute Gasteiger partial charge is 0.381 e. The van der Waals surface area contributed by atoms with Gasteiger partial charge in [0.1, 0.15) is 0 Å². The summed E-state index contributed by atoms with van der Waals surface area (Å²) >= 11 is 6.12. The van der Waals surface area contributed by atoms with Gasteiger partial charge in [-0.25, -0.2) is 0 Å². The molecule has 0 radical (unpaired) electrons. The van der Waals surface area contributed by atoms with Gasteiger partial charge in [0.05, 0.1) is 5.56 Å². The number of halogens is 1. The zero-order valence-corrected chi connectivity index (χ0v) is 13.9. The number of carbonyl (C=O) groups is 1. The molecule has 2 rings (SSSR count). The lowest BCUT2D eigenvalue weighted by molar-refractivity contribution is 0.0828. The Morgan fingerprint density at radius 2 is 2.05 bits per heavy atom. The molecule has 4 heteroatoms. The molecule has 1 saturated carbocycles. The second-order valence-corrected chi connectivity index (χ2v) is 6.53. The van der Waals surface area contributed by atoms with Crippen molar-refractivity contribution in [3.05, 3.63) is 28.8 Å². The highest BCUT2D eigenvalue weighted by molar-refractivity contribution is 6.31. The summed E-state index contributed by atoms with van der Waals surface area (Å²) in [6.07, 6.45) is 6.18. The van der Waals surface area contributed by atoms with Crippen LogP contribution in [-0.4, -0.2) is 30.9 Å². The first-order valence-corrected chi connectivity index (χ1v) is 8.18. The highest BCUT2D eigenvalue weighted by atomic mass is 35.5. The van der Waals surface area contributed by atoms with Gasteiger partial charge in [-0.15, -0.1) is 0 Å². The SMILES string of the molecule is CCC1CCCCC1Nc1cc(Cl)ccc1C(=O)N(C)C. The van der Waals surface area contributed by atoms with Crippen LogP contribution in [0.5, 0.6) is 0 Å². The summed E-state index contributed by atoms with van der Waals surface area (Å²) in [4.78, 5) is 13.9. The van der Waals surface area contributed by atoms with Crippen LogP contribution in [0.3, 0.4) is 0 Å². The van der Waals surface area contributed by atoms with Gasteiger partial charge in [0.25, 0.3) is 5.91 Å². The average Bonchev–Trinajstić information content (AvgIpc) is 2.47. The van der Waals surface area contributed by atoms with Gasteiger partial charge in [0.2, 0.25) is 0 Å². The predicted molar refractivity (Wildman–Crippen MR) is 89.1 cm³/mol. The lowest BCUT2D eigenvalue weighted by atomic mass is 9.82. The highest BCUT2D eigenvalue weighted by Gasteiger charge is 2.25. The molecule has 1 aromatic carbocycles. The van der Waals surface area contributed by atoms with Crippen molar-refractivity contribution in [2.75, 3.05) is 19.4 Å². The van der Waals surface area contributed by atoms with E-state index in [-0.39, 0.29) is 5.91 Å². The molecule has 1 aliphatic rings. The predicted octanol–water partition coefficient (Wildman–Crippen LogP) is 4.42. The third kappa shape index (κ3) is 3.91. The van der Waals surface area contributed by atoms with E-state index in [0.29, 0.717) is 22.5 Å². The molecule has 2 atom stereocenters. The summed E-state index contributed by atoms with van der Waals surface area (Å²) in [5.41, 5.74) is 1.57. The molecule has 0 bridgehead atoms. The maximum Gasteiger partial charge on any atom is 0.255 e. The average molecular weight is 309 g/mol. The first kappa shape index (κ1) is 16.2. The number of anilines is 1. The molecule has 116 valence electrons. The van der Waals surface area contributed by atoms with Crippen molar-refractivity contribution in [2.24, 2.45) is 5.92 Å². The van der Waals surface area contributed by atoms with Gasteiger partial charge >= 0.3 is 0 Å². The Hall–Kier alpha value is -1.22. The summed E-state index contributed by atoms with van der Waals surface area (Å²) in [5.74, 6) is 0.693. The maximum absolute atomic E-state index is 12.3. The number of hydrogen-bond donors (Lipinski definition) is 1. The van der Waals surface area contributed by atoms with E-state index in [1.807, 2.05) is 12.1 Å². The molecular weight excluding hydrogens is 284 g/mol. The Morgan fingerprint density at radius 1 is 1.33 bits per heavy atom. The lowest BCUT2D eigenvalue weighted by Gasteiger charge is -2.33. The first-order valence-electron chi connectivity index (χ1n) is 7.80. The van der Waals surface area contributed by atoms with E-state index >= 15 is 0 Å². The monoisotopic (exact) mass is 308 g/mol. The number of carbonyl (C=O) groups excluding carboxylic acids is 1. The Labute approximate surface area is 132 Å². The van der Waals surface area contributed by atoms with E-state index in [9.17, 15) is 4.79 Å². The van der Waals surface area contributed by atoms with Crippen LogP contribution < -0.4 is 5.32 Å². The van der Waals surface area contributed by atoms with Crippen LogP contribution in [0.2, 0.25) is 5.02 Å². The van der Waals surface area contributed by atoms with Crippen LogP contribution in [-0.2, 0) is 0 Å². The van der Waals surface area contributed by atoms with Crippen molar-refractivity contribution in [1.29, 1.82) is 0 Å². The van der Waals surface area contributed by atoms with Crippen LogP contribution in [0.1, 0.15) is 49.4 Å². The molecule has 3 nitrogen and oxygen atoms in total. The molecule has 2 unspecified atom stereocenters. The zero-order chi connectivity index (χ0) is 15.4. The number of amides is 1. The fourth-order valence-corrected chi connectivity index (χ4v) is 3.32. The van der Waals surface area contributed by atoms with E-state index in [1.54, 1.807) is 25.1 Å². The van der Waals surface area contributed by atoms with Gasteiger partial charge in [-0.1, -0.05) is 37.8 Å². The molecule has 1 N–H and O–H groups in total. The summed E-state index contributed by atoms with van der Waals surface area (Å²) in [6.45, 7) is 2.24. The minimum atomic E-state index is 0.0121. The van der Waals surface area contributed by atoms with Gasteiger partial charge in [-0.2, -0.15) is 0 Å². The van der Waals surface area contributed by atoms with Crippen LogP contribution in [0, 0.1) is 5.92 Å². The van der Waals surface area contributed by atoms with E-state index in [1.165, 1.54) is 32.1 Å². The summed E-state index contributed by atoms with van der Waals surface area (Å²) < 4.78 is 0. The van der Waals surface area contributed by atoms with Gasteiger partial charge < -0.3 is 10.2 Å². The summed E-state index contributed by atoms with van der Waals surface area (Å²) in [5, 5.41) is 4.26. The number of nitrogens with zero attached hydrogens (tertiary/aromatic N) is 1. The van der Waals surface area contributed by atoms with Crippen molar-refractivity contribution in [3.8, 4) is 0 Å².